The van der Waals surface area contributed by atoms with Crippen LogP contribution >= 0.6 is 0 Å². The van der Waals surface area contributed by atoms with Crippen LogP contribution in [-0.2, 0) is 6.18 Å². The first kappa shape index (κ1) is 15.7. The van der Waals surface area contributed by atoms with Gasteiger partial charge in [-0.1, -0.05) is 12.6 Å². The molecule has 0 saturated carbocycles. The highest BCUT2D eigenvalue weighted by atomic mass is 19.4. The highest BCUT2D eigenvalue weighted by Crippen LogP contribution is 2.33. The van der Waals surface area contributed by atoms with E-state index in [0.717, 1.165) is 23.5 Å². The summed E-state index contributed by atoms with van der Waals surface area (Å²) >= 11 is 0. The number of rotatable bonds is 2. The lowest BCUT2D eigenvalue weighted by molar-refractivity contribution is -0.137. The summed E-state index contributed by atoms with van der Waals surface area (Å²) in [5, 5.41) is 10.9. The summed E-state index contributed by atoms with van der Waals surface area (Å²) in [4.78, 5) is 12.0. The van der Waals surface area contributed by atoms with Crippen molar-refractivity contribution < 1.29 is 18.0 Å². The van der Waals surface area contributed by atoms with Crippen LogP contribution in [0.3, 0.4) is 0 Å². The highest BCUT2D eigenvalue weighted by Gasteiger charge is 2.30. The SMILES string of the molecule is C=C1Nc2ccc(NC(=O)Nc3cccc(C(F)(F)F)c3)cc2N1. The maximum atomic E-state index is 12.7. The molecule has 0 fully saturated rings. The van der Waals surface area contributed by atoms with Crippen LogP contribution in [0.4, 0.5) is 40.7 Å². The molecule has 0 saturated heterocycles. The number of amides is 2. The smallest absolute Gasteiger partial charge is 0.341 e. The van der Waals surface area contributed by atoms with Gasteiger partial charge in [0.1, 0.15) is 5.82 Å². The third-order valence-corrected chi connectivity index (χ3v) is 3.30. The van der Waals surface area contributed by atoms with Crippen molar-refractivity contribution in [2.75, 3.05) is 21.3 Å². The first-order valence-corrected chi connectivity index (χ1v) is 6.93. The zero-order valence-electron chi connectivity index (χ0n) is 12.3. The Morgan fingerprint density at radius 2 is 1.62 bits per heavy atom. The van der Waals surface area contributed by atoms with Crippen molar-refractivity contribution in [3.63, 3.8) is 0 Å². The van der Waals surface area contributed by atoms with Gasteiger partial charge in [-0.05, 0) is 36.4 Å². The minimum atomic E-state index is -4.46. The Morgan fingerprint density at radius 3 is 2.33 bits per heavy atom. The van der Waals surface area contributed by atoms with E-state index in [1.54, 1.807) is 18.2 Å². The predicted octanol–water partition coefficient (Wildman–Crippen LogP) is 4.66. The van der Waals surface area contributed by atoms with E-state index >= 15 is 0 Å². The van der Waals surface area contributed by atoms with Crippen LogP contribution < -0.4 is 21.3 Å². The number of alkyl halides is 3. The van der Waals surface area contributed by atoms with Crippen LogP contribution in [0.1, 0.15) is 5.56 Å². The third kappa shape index (κ3) is 3.43. The fraction of sp³-hybridized carbons (Fsp3) is 0.0625. The largest absolute Gasteiger partial charge is 0.416 e. The van der Waals surface area contributed by atoms with E-state index in [0.29, 0.717) is 11.5 Å². The fourth-order valence-electron chi connectivity index (χ4n) is 2.26. The lowest BCUT2D eigenvalue weighted by Crippen LogP contribution is -2.19. The topological polar surface area (TPSA) is 65.2 Å². The average molecular weight is 334 g/mol. The molecule has 1 aliphatic rings. The molecule has 124 valence electrons. The molecule has 24 heavy (non-hydrogen) atoms. The molecule has 0 bridgehead atoms. The zero-order valence-corrected chi connectivity index (χ0v) is 12.3. The zero-order chi connectivity index (χ0) is 17.3. The molecule has 1 heterocycles. The second kappa shape index (κ2) is 5.80. The molecule has 4 N–H and O–H groups in total. The Labute approximate surface area is 135 Å². The van der Waals surface area contributed by atoms with Crippen molar-refractivity contribution in [2.24, 2.45) is 0 Å². The van der Waals surface area contributed by atoms with Gasteiger partial charge in [0, 0.05) is 11.4 Å². The minimum absolute atomic E-state index is 0.0525. The van der Waals surface area contributed by atoms with Crippen molar-refractivity contribution in [1.29, 1.82) is 0 Å². The Bertz CT molecular complexity index is 817. The molecule has 5 nitrogen and oxygen atoms in total. The van der Waals surface area contributed by atoms with E-state index in [1.807, 2.05) is 0 Å². The van der Waals surface area contributed by atoms with Crippen molar-refractivity contribution in [3.05, 3.63) is 60.4 Å². The molecule has 0 unspecified atom stereocenters. The van der Waals surface area contributed by atoms with E-state index in [1.165, 1.54) is 12.1 Å². The Hall–Kier alpha value is -3.16. The van der Waals surface area contributed by atoms with Crippen molar-refractivity contribution in [2.45, 2.75) is 6.18 Å². The summed E-state index contributed by atoms with van der Waals surface area (Å²) in [6.45, 7) is 3.73. The normalized spacial score (nSPS) is 12.9. The lowest BCUT2D eigenvalue weighted by atomic mass is 10.2. The second-order valence-electron chi connectivity index (χ2n) is 5.15. The van der Waals surface area contributed by atoms with E-state index in [-0.39, 0.29) is 5.69 Å². The van der Waals surface area contributed by atoms with Crippen molar-refractivity contribution in [1.82, 2.24) is 0 Å². The highest BCUT2D eigenvalue weighted by molar-refractivity contribution is 6.00. The number of hydrogen-bond donors (Lipinski definition) is 4. The molecular formula is C16H13F3N4O. The van der Waals surface area contributed by atoms with Gasteiger partial charge in [0.05, 0.1) is 16.9 Å². The summed E-state index contributed by atoms with van der Waals surface area (Å²) in [7, 11) is 0. The number of benzene rings is 2. The van der Waals surface area contributed by atoms with E-state index in [9.17, 15) is 18.0 Å². The number of carbonyl (C=O) groups is 1. The molecular weight excluding hydrogens is 321 g/mol. The van der Waals surface area contributed by atoms with Gasteiger partial charge in [-0.25, -0.2) is 4.79 Å². The number of hydrogen-bond acceptors (Lipinski definition) is 3. The van der Waals surface area contributed by atoms with Crippen LogP contribution in [-0.4, -0.2) is 6.03 Å². The molecule has 1 aliphatic heterocycles. The number of fused-ring (bicyclic) bond motifs is 1. The van der Waals surface area contributed by atoms with Gasteiger partial charge >= 0.3 is 12.2 Å². The van der Waals surface area contributed by atoms with Gasteiger partial charge < -0.3 is 21.3 Å². The summed E-state index contributed by atoms with van der Waals surface area (Å²) in [6.07, 6.45) is -4.46. The molecule has 3 rings (SSSR count). The molecule has 0 spiro atoms. The van der Waals surface area contributed by atoms with Crippen molar-refractivity contribution in [3.8, 4) is 0 Å². The van der Waals surface area contributed by atoms with Crippen LogP contribution in [0.5, 0.6) is 0 Å². The minimum Gasteiger partial charge on any atom is -0.341 e. The summed E-state index contributed by atoms with van der Waals surface area (Å²) in [5.74, 6) is 0.621. The maximum absolute atomic E-state index is 12.7. The Kier molecular flexibility index (Phi) is 3.80. The Balaban J connectivity index is 1.68. The quantitative estimate of drug-likeness (QED) is 0.646. The standard InChI is InChI=1S/C16H13F3N4O/c1-9-20-13-6-5-12(8-14(13)21-9)23-15(24)22-11-4-2-3-10(7-11)16(17,18)19/h2-8,20-21H,1H2,(H2,22,23,24). The Morgan fingerprint density at radius 1 is 0.958 bits per heavy atom. The number of urea groups is 1. The fourth-order valence-corrected chi connectivity index (χ4v) is 2.26. The van der Waals surface area contributed by atoms with Gasteiger partial charge in [-0.2, -0.15) is 13.2 Å². The monoisotopic (exact) mass is 334 g/mol. The molecule has 0 aromatic heterocycles. The molecule has 2 amide bonds. The maximum Gasteiger partial charge on any atom is 0.416 e. The number of anilines is 4. The molecule has 0 atom stereocenters. The van der Waals surface area contributed by atoms with Crippen LogP contribution in [0.2, 0.25) is 0 Å². The first-order chi connectivity index (χ1) is 11.3. The van der Waals surface area contributed by atoms with Crippen molar-refractivity contribution >= 4 is 28.8 Å². The molecule has 0 radical (unpaired) electrons. The van der Waals surface area contributed by atoms with Gasteiger partial charge in [0.25, 0.3) is 0 Å². The summed E-state index contributed by atoms with van der Waals surface area (Å²) in [6, 6.07) is 8.89. The van der Waals surface area contributed by atoms with E-state index < -0.39 is 17.8 Å². The van der Waals surface area contributed by atoms with Gasteiger partial charge in [0.15, 0.2) is 0 Å². The summed E-state index contributed by atoms with van der Waals surface area (Å²) in [5.41, 5.74) is 1.28. The number of halogens is 3. The van der Waals surface area contributed by atoms with Gasteiger partial charge in [-0.3, -0.25) is 0 Å². The molecule has 8 heteroatoms. The van der Waals surface area contributed by atoms with E-state index in [2.05, 4.69) is 27.8 Å². The first-order valence-electron chi connectivity index (χ1n) is 6.93. The van der Waals surface area contributed by atoms with E-state index in [4.69, 9.17) is 0 Å². The molecule has 2 aromatic carbocycles. The van der Waals surface area contributed by atoms with Crippen LogP contribution in [0.15, 0.2) is 54.9 Å². The van der Waals surface area contributed by atoms with Crippen LogP contribution in [0.25, 0.3) is 0 Å². The third-order valence-electron chi connectivity index (χ3n) is 3.30. The lowest BCUT2D eigenvalue weighted by Gasteiger charge is -2.11. The number of carbonyl (C=O) groups excluding carboxylic acids is 1. The second-order valence-corrected chi connectivity index (χ2v) is 5.15. The number of nitrogens with one attached hydrogen (secondary N) is 4. The predicted molar refractivity (Wildman–Crippen MR) is 86.9 cm³/mol. The van der Waals surface area contributed by atoms with Gasteiger partial charge in [0.2, 0.25) is 0 Å². The van der Waals surface area contributed by atoms with Gasteiger partial charge in [-0.15, -0.1) is 0 Å². The molecule has 2 aromatic rings. The molecule has 0 aliphatic carbocycles. The average Bonchev–Trinajstić information content (AvgIpc) is 2.86. The summed E-state index contributed by atoms with van der Waals surface area (Å²) < 4.78 is 38.0. The van der Waals surface area contributed by atoms with Crippen LogP contribution in [0, 0.1) is 0 Å².